The molecule has 2 rings (SSSR count). The monoisotopic (exact) mass is 391 g/mol. The van der Waals surface area contributed by atoms with Crippen molar-refractivity contribution in [3.8, 4) is 6.04 Å². The Morgan fingerprint density at radius 3 is 1.83 bits per heavy atom. The lowest BCUT2D eigenvalue weighted by molar-refractivity contribution is -0.836. The Balaban J connectivity index is 0.000000749. The van der Waals surface area contributed by atoms with E-state index in [2.05, 4.69) is 95.3 Å². The average molecular weight is 392 g/mol. The fourth-order valence-corrected chi connectivity index (χ4v) is 3.27. The molecule has 0 aliphatic rings. The predicted octanol–water partition coefficient (Wildman–Crippen LogP) is 7.55. The second-order valence-electron chi connectivity index (χ2n) is 9.15. The molecule has 0 amide bonds. The van der Waals surface area contributed by atoms with Crippen LogP contribution in [0.2, 0.25) is 0 Å². The van der Waals surface area contributed by atoms with Crippen molar-refractivity contribution in [1.82, 2.24) is 0 Å². The Bertz CT molecular complexity index is 719. The molecular weight excluding hydrogens is 350 g/mol. The van der Waals surface area contributed by atoms with Gasteiger partial charge in [-0.15, -0.1) is 6.04 Å². The summed E-state index contributed by atoms with van der Waals surface area (Å²) in [6, 6.07) is 22.3. The largest absolute Gasteiger partial charge is 0.626 e. The van der Waals surface area contributed by atoms with Crippen LogP contribution in [0.15, 0.2) is 54.6 Å². The van der Waals surface area contributed by atoms with Gasteiger partial charge in [0.1, 0.15) is 6.54 Å². The summed E-state index contributed by atoms with van der Waals surface area (Å²) >= 11 is 0. The lowest BCUT2D eigenvalue weighted by atomic mass is 9.84. The molecule has 1 heteroatoms. The smallest absolute Gasteiger partial charge is 0.114 e. The molecule has 0 spiro atoms. The van der Waals surface area contributed by atoms with Crippen molar-refractivity contribution >= 4 is 0 Å². The van der Waals surface area contributed by atoms with Crippen LogP contribution >= 0.6 is 0 Å². The first kappa shape index (κ1) is 25.0. The predicted molar refractivity (Wildman–Crippen MR) is 127 cm³/mol. The molecule has 0 aliphatic heterocycles. The minimum Gasteiger partial charge on any atom is -0.626 e. The SMILES string of the molecule is CCC(C)C.[C-]#C[N+](C)(C)Cc1ccc(C(CC)CC(C)c2ccccc2)cc1. The van der Waals surface area contributed by atoms with Crippen LogP contribution in [0.1, 0.15) is 82.4 Å². The standard InChI is InChI=1S/C23H29N.C5H12/c1-6-21(17-19(3)22-11-9-8-10-12-22)23-15-13-20(14-16-23)18-24(4,5)7-2;1-4-5(2)3/h8-16,19,21H,6,17-18H2,1,3-5H3;5H,4H2,1-3H3. The minimum absolute atomic E-state index is 0.460. The number of nitrogens with zero attached hydrogens (tertiary/aromatic N) is 1. The summed E-state index contributed by atoms with van der Waals surface area (Å²) in [4.78, 5) is 0. The maximum absolute atomic E-state index is 7.38. The van der Waals surface area contributed by atoms with Gasteiger partial charge in [0.2, 0.25) is 0 Å². The van der Waals surface area contributed by atoms with E-state index >= 15 is 0 Å². The van der Waals surface area contributed by atoms with E-state index in [1.165, 1.54) is 29.5 Å². The van der Waals surface area contributed by atoms with E-state index in [1.807, 2.05) is 14.1 Å². The third kappa shape index (κ3) is 9.33. The van der Waals surface area contributed by atoms with Crippen molar-refractivity contribution < 1.29 is 4.48 Å². The molecule has 0 bridgehead atoms. The molecule has 0 N–H and O–H groups in total. The van der Waals surface area contributed by atoms with Crippen LogP contribution in [0.4, 0.5) is 0 Å². The van der Waals surface area contributed by atoms with E-state index in [0.717, 1.165) is 18.9 Å². The molecule has 0 aromatic heterocycles. The number of hydrogen-bond donors (Lipinski definition) is 0. The second-order valence-corrected chi connectivity index (χ2v) is 9.15. The normalized spacial score (nSPS) is 13.2. The quantitative estimate of drug-likeness (QED) is 0.247. The van der Waals surface area contributed by atoms with E-state index in [1.54, 1.807) is 0 Å². The van der Waals surface area contributed by atoms with Gasteiger partial charge in [-0.05, 0) is 41.7 Å². The van der Waals surface area contributed by atoms with Gasteiger partial charge in [-0.1, -0.05) is 95.6 Å². The fourth-order valence-electron chi connectivity index (χ4n) is 3.27. The average Bonchev–Trinajstić information content (AvgIpc) is 2.73. The Morgan fingerprint density at radius 1 is 0.828 bits per heavy atom. The summed E-state index contributed by atoms with van der Waals surface area (Å²) in [5, 5.41) is 0. The highest BCUT2D eigenvalue weighted by Crippen LogP contribution is 2.32. The molecule has 0 saturated carbocycles. The summed E-state index contributed by atoms with van der Waals surface area (Å²) in [7, 11) is 3.99. The molecule has 2 aromatic rings. The fraction of sp³-hybridized carbons (Fsp3) is 0.500. The van der Waals surface area contributed by atoms with Crippen LogP contribution in [-0.2, 0) is 6.54 Å². The lowest BCUT2D eigenvalue weighted by Gasteiger charge is -2.26. The van der Waals surface area contributed by atoms with Crippen LogP contribution in [0, 0.1) is 18.4 Å². The van der Waals surface area contributed by atoms with Crippen LogP contribution in [-0.4, -0.2) is 18.6 Å². The molecule has 29 heavy (non-hydrogen) atoms. The lowest BCUT2D eigenvalue weighted by Crippen LogP contribution is -2.32. The number of quaternary nitrogens is 1. The molecule has 2 aromatic carbocycles. The third-order valence-electron chi connectivity index (χ3n) is 5.65. The van der Waals surface area contributed by atoms with Crippen molar-refractivity contribution in [2.45, 2.75) is 72.3 Å². The molecular formula is C28H41N. The van der Waals surface area contributed by atoms with Gasteiger partial charge in [-0.3, -0.25) is 4.48 Å². The number of hydrogen-bond acceptors (Lipinski definition) is 0. The molecule has 1 nitrogen and oxygen atoms in total. The minimum atomic E-state index is 0.460. The summed E-state index contributed by atoms with van der Waals surface area (Å²) in [6.07, 6.45) is 11.0. The van der Waals surface area contributed by atoms with Crippen molar-refractivity contribution in [2.24, 2.45) is 5.92 Å². The zero-order valence-corrected chi connectivity index (χ0v) is 19.7. The first-order valence-electron chi connectivity index (χ1n) is 11.1. The molecule has 158 valence electrons. The zero-order chi connectivity index (χ0) is 21.9. The molecule has 0 fully saturated rings. The molecule has 0 radical (unpaired) electrons. The van der Waals surface area contributed by atoms with Gasteiger partial charge in [-0.25, -0.2) is 0 Å². The maximum atomic E-state index is 7.38. The molecule has 2 atom stereocenters. The van der Waals surface area contributed by atoms with Gasteiger partial charge >= 0.3 is 0 Å². The highest BCUT2D eigenvalue weighted by atomic mass is 15.3. The van der Waals surface area contributed by atoms with Crippen LogP contribution < -0.4 is 0 Å². The zero-order valence-electron chi connectivity index (χ0n) is 19.7. The van der Waals surface area contributed by atoms with Gasteiger partial charge in [0, 0.05) is 5.56 Å². The molecule has 0 aliphatic carbocycles. The van der Waals surface area contributed by atoms with E-state index in [-0.39, 0.29) is 0 Å². The topological polar surface area (TPSA) is 0 Å². The summed E-state index contributed by atoms with van der Waals surface area (Å²) < 4.78 is 0.460. The first-order chi connectivity index (χ1) is 13.7. The van der Waals surface area contributed by atoms with Gasteiger partial charge in [-0.2, -0.15) is 0 Å². The van der Waals surface area contributed by atoms with Crippen molar-refractivity contribution in [2.75, 3.05) is 14.1 Å². The first-order valence-corrected chi connectivity index (χ1v) is 11.1. The maximum Gasteiger partial charge on any atom is 0.114 e. The van der Waals surface area contributed by atoms with Crippen LogP contribution in [0.3, 0.4) is 0 Å². The van der Waals surface area contributed by atoms with Gasteiger partial charge < -0.3 is 6.42 Å². The summed E-state index contributed by atoms with van der Waals surface area (Å²) in [6.45, 7) is 12.1. The van der Waals surface area contributed by atoms with E-state index in [4.69, 9.17) is 6.42 Å². The Labute approximate surface area is 180 Å². The second kappa shape index (κ2) is 12.5. The van der Waals surface area contributed by atoms with Gasteiger partial charge in [0.05, 0.1) is 14.1 Å². The highest BCUT2D eigenvalue weighted by Gasteiger charge is 2.16. The van der Waals surface area contributed by atoms with E-state index < -0.39 is 0 Å². The summed E-state index contributed by atoms with van der Waals surface area (Å²) in [5.41, 5.74) is 4.11. The third-order valence-corrected chi connectivity index (χ3v) is 5.65. The van der Waals surface area contributed by atoms with Crippen LogP contribution in [0.25, 0.3) is 0 Å². The number of benzene rings is 2. The van der Waals surface area contributed by atoms with Crippen LogP contribution in [0.5, 0.6) is 0 Å². The van der Waals surface area contributed by atoms with Gasteiger partial charge in [0.25, 0.3) is 0 Å². The van der Waals surface area contributed by atoms with Crippen molar-refractivity contribution in [3.05, 3.63) is 77.7 Å². The Kier molecular flexibility index (Phi) is 10.8. The molecule has 2 unspecified atom stereocenters. The Hall–Kier alpha value is -2.04. The highest BCUT2D eigenvalue weighted by molar-refractivity contribution is 5.26. The summed E-state index contributed by atoms with van der Waals surface area (Å²) in [5.74, 6) is 2.04. The van der Waals surface area contributed by atoms with Crippen molar-refractivity contribution in [3.63, 3.8) is 0 Å². The van der Waals surface area contributed by atoms with Crippen molar-refractivity contribution in [1.29, 1.82) is 0 Å². The molecule has 0 saturated heterocycles. The number of rotatable bonds is 8. The van der Waals surface area contributed by atoms with E-state index in [9.17, 15) is 0 Å². The van der Waals surface area contributed by atoms with E-state index in [0.29, 0.717) is 16.3 Å². The molecule has 0 heterocycles. The Morgan fingerprint density at radius 2 is 1.38 bits per heavy atom. The van der Waals surface area contributed by atoms with Gasteiger partial charge in [0.15, 0.2) is 0 Å².